The van der Waals surface area contributed by atoms with Crippen LogP contribution in [-0.4, -0.2) is 16.6 Å². The topological polar surface area (TPSA) is 73.1 Å². The Hall–Kier alpha value is -2.30. The highest BCUT2D eigenvalue weighted by molar-refractivity contribution is 5.54. The standard InChI is InChI=1S/C16H22N4O/c1-11(2)10-21-16-13(17)7-8-15(20-16)19-12(3)14-6-4-5-9-18-14/h4-9,11-12H,10,17H2,1-3H3,(H,19,20). The molecule has 1 atom stereocenters. The SMILES string of the molecule is CC(C)COc1nc(NC(C)c2ccccn2)ccc1N. The first-order chi connectivity index (χ1) is 10.1. The summed E-state index contributed by atoms with van der Waals surface area (Å²) < 4.78 is 5.63. The fraction of sp³-hybridized carbons (Fsp3) is 0.375. The normalized spacial score (nSPS) is 12.2. The molecule has 1 unspecified atom stereocenters. The van der Waals surface area contributed by atoms with Gasteiger partial charge in [-0.25, -0.2) is 0 Å². The number of hydrogen-bond acceptors (Lipinski definition) is 5. The summed E-state index contributed by atoms with van der Waals surface area (Å²) in [6.45, 7) is 6.80. The molecule has 112 valence electrons. The molecule has 2 aromatic heterocycles. The van der Waals surface area contributed by atoms with E-state index in [1.54, 1.807) is 12.3 Å². The maximum Gasteiger partial charge on any atom is 0.239 e. The van der Waals surface area contributed by atoms with Crippen molar-refractivity contribution >= 4 is 11.5 Å². The van der Waals surface area contributed by atoms with Crippen LogP contribution >= 0.6 is 0 Å². The summed E-state index contributed by atoms with van der Waals surface area (Å²) in [6.07, 6.45) is 1.78. The molecule has 2 rings (SSSR count). The summed E-state index contributed by atoms with van der Waals surface area (Å²) >= 11 is 0. The number of pyridine rings is 2. The summed E-state index contributed by atoms with van der Waals surface area (Å²) in [7, 11) is 0. The third kappa shape index (κ3) is 4.34. The van der Waals surface area contributed by atoms with E-state index in [1.165, 1.54) is 0 Å². The van der Waals surface area contributed by atoms with Crippen LogP contribution in [0.25, 0.3) is 0 Å². The molecule has 0 aliphatic heterocycles. The van der Waals surface area contributed by atoms with Crippen LogP contribution < -0.4 is 15.8 Å². The van der Waals surface area contributed by atoms with Gasteiger partial charge in [-0.05, 0) is 37.1 Å². The molecule has 0 bridgehead atoms. The van der Waals surface area contributed by atoms with Crippen LogP contribution in [-0.2, 0) is 0 Å². The first-order valence-electron chi connectivity index (χ1n) is 7.13. The first-order valence-corrected chi connectivity index (χ1v) is 7.13. The highest BCUT2D eigenvalue weighted by Gasteiger charge is 2.10. The van der Waals surface area contributed by atoms with Gasteiger partial charge in [0.1, 0.15) is 5.82 Å². The van der Waals surface area contributed by atoms with Crippen LogP contribution in [0.15, 0.2) is 36.5 Å². The third-order valence-electron chi connectivity index (χ3n) is 2.94. The van der Waals surface area contributed by atoms with E-state index in [0.717, 1.165) is 11.5 Å². The Morgan fingerprint density at radius 2 is 2.00 bits per heavy atom. The van der Waals surface area contributed by atoms with Crippen molar-refractivity contribution in [3.63, 3.8) is 0 Å². The minimum atomic E-state index is 0.0558. The Kier molecular flexibility index (Phi) is 4.98. The molecule has 5 nitrogen and oxygen atoms in total. The van der Waals surface area contributed by atoms with Crippen LogP contribution in [0.2, 0.25) is 0 Å². The van der Waals surface area contributed by atoms with E-state index in [-0.39, 0.29) is 6.04 Å². The van der Waals surface area contributed by atoms with Gasteiger partial charge < -0.3 is 15.8 Å². The van der Waals surface area contributed by atoms with Gasteiger partial charge >= 0.3 is 0 Å². The molecule has 2 heterocycles. The number of anilines is 2. The number of nitrogen functional groups attached to an aromatic ring is 1. The molecule has 0 saturated carbocycles. The number of nitrogens with one attached hydrogen (secondary N) is 1. The summed E-state index contributed by atoms with van der Waals surface area (Å²) in [6, 6.07) is 9.54. The molecule has 2 aromatic rings. The zero-order chi connectivity index (χ0) is 15.2. The second kappa shape index (κ2) is 6.92. The third-order valence-corrected chi connectivity index (χ3v) is 2.94. The molecule has 0 aliphatic carbocycles. The van der Waals surface area contributed by atoms with Gasteiger partial charge in [0.05, 0.1) is 24.0 Å². The molecule has 3 N–H and O–H groups in total. The molecule has 0 amide bonds. The maximum atomic E-state index is 5.89. The number of rotatable bonds is 6. The van der Waals surface area contributed by atoms with Gasteiger partial charge in [-0.1, -0.05) is 19.9 Å². The number of ether oxygens (including phenoxy) is 1. The molecule has 0 aromatic carbocycles. The fourth-order valence-corrected chi connectivity index (χ4v) is 1.82. The Morgan fingerprint density at radius 1 is 1.19 bits per heavy atom. The van der Waals surface area contributed by atoms with Gasteiger partial charge in [0.15, 0.2) is 0 Å². The van der Waals surface area contributed by atoms with E-state index in [1.807, 2.05) is 31.2 Å². The lowest BCUT2D eigenvalue weighted by Crippen LogP contribution is -2.11. The molecule has 0 radical (unpaired) electrons. The van der Waals surface area contributed by atoms with Crippen molar-refractivity contribution < 1.29 is 4.74 Å². The molecule has 0 aliphatic rings. The first kappa shape index (κ1) is 15.1. The van der Waals surface area contributed by atoms with Gasteiger partial charge in [0, 0.05) is 6.20 Å². The maximum absolute atomic E-state index is 5.89. The second-order valence-corrected chi connectivity index (χ2v) is 5.42. The summed E-state index contributed by atoms with van der Waals surface area (Å²) in [5.74, 6) is 1.62. The summed E-state index contributed by atoms with van der Waals surface area (Å²) in [5, 5.41) is 3.30. The van der Waals surface area contributed by atoms with E-state index in [9.17, 15) is 0 Å². The van der Waals surface area contributed by atoms with Crippen LogP contribution in [0.1, 0.15) is 32.5 Å². The van der Waals surface area contributed by atoms with E-state index in [2.05, 4.69) is 29.1 Å². The number of hydrogen-bond donors (Lipinski definition) is 2. The Morgan fingerprint density at radius 3 is 2.67 bits per heavy atom. The van der Waals surface area contributed by atoms with Crippen molar-refractivity contribution in [2.24, 2.45) is 5.92 Å². The minimum Gasteiger partial charge on any atom is -0.476 e. The lowest BCUT2D eigenvalue weighted by Gasteiger charge is -2.16. The summed E-state index contributed by atoms with van der Waals surface area (Å²) in [5.41, 5.74) is 7.40. The van der Waals surface area contributed by atoms with Gasteiger partial charge in [-0.2, -0.15) is 4.98 Å². The number of nitrogens with zero attached hydrogens (tertiary/aromatic N) is 2. The van der Waals surface area contributed by atoms with E-state index in [4.69, 9.17) is 10.5 Å². The minimum absolute atomic E-state index is 0.0558. The van der Waals surface area contributed by atoms with Crippen molar-refractivity contribution in [3.8, 4) is 5.88 Å². The van der Waals surface area contributed by atoms with Crippen LogP contribution in [0.5, 0.6) is 5.88 Å². The quantitative estimate of drug-likeness (QED) is 0.852. The molecule has 0 fully saturated rings. The van der Waals surface area contributed by atoms with E-state index in [0.29, 0.717) is 24.1 Å². The van der Waals surface area contributed by atoms with Crippen LogP contribution in [0.4, 0.5) is 11.5 Å². The van der Waals surface area contributed by atoms with E-state index >= 15 is 0 Å². The van der Waals surface area contributed by atoms with Gasteiger partial charge in [0.25, 0.3) is 0 Å². The van der Waals surface area contributed by atoms with Crippen LogP contribution in [0.3, 0.4) is 0 Å². The molecule has 0 saturated heterocycles. The number of aromatic nitrogens is 2. The van der Waals surface area contributed by atoms with Gasteiger partial charge in [-0.15, -0.1) is 0 Å². The molecule has 0 spiro atoms. The number of nitrogens with two attached hydrogens (primary N) is 1. The molecule has 21 heavy (non-hydrogen) atoms. The van der Waals surface area contributed by atoms with E-state index < -0.39 is 0 Å². The van der Waals surface area contributed by atoms with Crippen molar-refractivity contribution in [2.75, 3.05) is 17.7 Å². The summed E-state index contributed by atoms with van der Waals surface area (Å²) in [4.78, 5) is 8.75. The molecule has 5 heteroatoms. The van der Waals surface area contributed by atoms with Crippen molar-refractivity contribution in [2.45, 2.75) is 26.8 Å². The van der Waals surface area contributed by atoms with Gasteiger partial charge in [0.2, 0.25) is 5.88 Å². The lowest BCUT2D eigenvalue weighted by molar-refractivity contribution is 0.263. The fourth-order valence-electron chi connectivity index (χ4n) is 1.82. The zero-order valence-electron chi connectivity index (χ0n) is 12.7. The Labute approximate surface area is 125 Å². The monoisotopic (exact) mass is 286 g/mol. The highest BCUT2D eigenvalue weighted by Crippen LogP contribution is 2.23. The predicted octanol–water partition coefficient (Wildman–Crippen LogP) is 3.27. The Bertz CT molecular complexity index is 572. The predicted molar refractivity (Wildman–Crippen MR) is 85.3 cm³/mol. The lowest BCUT2D eigenvalue weighted by atomic mass is 10.2. The zero-order valence-corrected chi connectivity index (χ0v) is 12.7. The largest absolute Gasteiger partial charge is 0.476 e. The Balaban J connectivity index is 2.08. The molecular formula is C16H22N4O. The van der Waals surface area contributed by atoms with Gasteiger partial charge in [-0.3, -0.25) is 4.98 Å². The molecular weight excluding hydrogens is 264 g/mol. The van der Waals surface area contributed by atoms with Crippen molar-refractivity contribution in [1.29, 1.82) is 0 Å². The average molecular weight is 286 g/mol. The highest BCUT2D eigenvalue weighted by atomic mass is 16.5. The van der Waals surface area contributed by atoms with Crippen molar-refractivity contribution in [1.82, 2.24) is 9.97 Å². The van der Waals surface area contributed by atoms with Crippen molar-refractivity contribution in [3.05, 3.63) is 42.2 Å². The second-order valence-electron chi connectivity index (χ2n) is 5.42. The smallest absolute Gasteiger partial charge is 0.239 e. The average Bonchev–Trinajstić information content (AvgIpc) is 2.48. The van der Waals surface area contributed by atoms with Crippen LogP contribution in [0, 0.1) is 5.92 Å².